The minimum Gasteiger partial charge on any atom is -0.461 e. The number of nitrogens with zero attached hydrogens (tertiary/aromatic N) is 1. The molecule has 3 aliphatic heterocycles. The third-order valence-corrected chi connectivity index (χ3v) is 5.99. The molecule has 3 saturated heterocycles. The summed E-state index contributed by atoms with van der Waals surface area (Å²) in [6, 6.07) is 10.2. The lowest BCUT2D eigenvalue weighted by molar-refractivity contribution is -0.938. The summed E-state index contributed by atoms with van der Waals surface area (Å²) in [4.78, 5) is 12.5. The van der Waals surface area contributed by atoms with Crippen LogP contribution in [0, 0.1) is 7.43 Å². The molecule has 0 aliphatic carbocycles. The van der Waals surface area contributed by atoms with Gasteiger partial charge in [-0.2, -0.15) is 0 Å². The van der Waals surface area contributed by atoms with E-state index in [4.69, 9.17) is 9.47 Å². The number of aliphatic hydroxyl groups is 1. The van der Waals surface area contributed by atoms with Gasteiger partial charge in [-0.25, -0.2) is 0 Å². The van der Waals surface area contributed by atoms with Crippen LogP contribution < -0.4 is 0 Å². The molecule has 3 heterocycles. The van der Waals surface area contributed by atoms with Gasteiger partial charge in [0.2, 0.25) is 0 Å². The minimum absolute atomic E-state index is 0. The molecule has 4 rings (SSSR count). The van der Waals surface area contributed by atoms with E-state index in [1.165, 1.54) is 0 Å². The van der Waals surface area contributed by atoms with Crippen molar-refractivity contribution in [1.29, 1.82) is 0 Å². The summed E-state index contributed by atoms with van der Waals surface area (Å²) >= 11 is 0. The predicted molar refractivity (Wildman–Crippen MR) is 90.1 cm³/mol. The lowest BCUT2D eigenvalue weighted by atomic mass is 9.95. The first kappa shape index (κ1) is 17.4. The van der Waals surface area contributed by atoms with Crippen molar-refractivity contribution >= 4 is 5.97 Å². The van der Waals surface area contributed by atoms with E-state index in [2.05, 4.69) is 14.1 Å². The third-order valence-electron chi connectivity index (χ3n) is 5.99. The van der Waals surface area contributed by atoms with Crippen LogP contribution in [-0.4, -0.2) is 66.7 Å². The van der Waals surface area contributed by atoms with Crippen molar-refractivity contribution in [2.45, 2.75) is 49.2 Å². The van der Waals surface area contributed by atoms with Crippen molar-refractivity contribution in [2.24, 2.45) is 0 Å². The maximum Gasteiger partial charge on any atom is 0.316 e. The Bertz CT molecular complexity index is 583. The molecule has 0 amide bonds. The Morgan fingerprint density at radius 3 is 2.38 bits per heavy atom. The SMILES string of the molecule is C[N+]1(C)C2CC(OC(=O)[C@H](CO)c3ccccc3)CC1[C@H]1OC21.[CH3-]. The van der Waals surface area contributed by atoms with Crippen LogP contribution in [0.4, 0.5) is 0 Å². The quantitative estimate of drug-likeness (QED) is 0.393. The molecule has 132 valence electrons. The van der Waals surface area contributed by atoms with Gasteiger partial charge >= 0.3 is 5.97 Å². The van der Waals surface area contributed by atoms with Gasteiger partial charge in [0.1, 0.15) is 36.3 Å². The second-order valence-electron chi connectivity index (χ2n) is 7.51. The molecule has 4 unspecified atom stereocenters. The molecule has 1 aromatic rings. The summed E-state index contributed by atoms with van der Waals surface area (Å²) in [6.07, 6.45) is 2.34. The van der Waals surface area contributed by atoms with Gasteiger partial charge < -0.3 is 26.5 Å². The standard InChI is InChI=1S/C18H24NO4.CH3/c1-19(2)14-8-12(9-15(19)17-16(14)23-17)22-18(21)13(10-20)11-6-4-3-5-7-11;/h3-7,12-17,20H,8-10H2,1-2H3;1H3/q+1;-1/t12?,13-,14?,15?,16-,17?;/m1./s1. The molecule has 0 spiro atoms. The molecule has 1 N–H and O–H groups in total. The van der Waals surface area contributed by atoms with Crippen molar-refractivity contribution in [3.63, 3.8) is 0 Å². The fourth-order valence-corrected chi connectivity index (χ4v) is 4.55. The zero-order valence-corrected chi connectivity index (χ0v) is 14.6. The molecule has 24 heavy (non-hydrogen) atoms. The first-order chi connectivity index (χ1) is 11.0. The van der Waals surface area contributed by atoms with Crippen LogP contribution in [0.2, 0.25) is 0 Å². The Labute approximate surface area is 143 Å². The average Bonchev–Trinajstić information content (AvgIpc) is 3.27. The molecule has 3 aliphatic rings. The van der Waals surface area contributed by atoms with Crippen LogP contribution in [-0.2, 0) is 14.3 Å². The van der Waals surface area contributed by atoms with Crippen molar-refractivity contribution in [2.75, 3.05) is 20.7 Å². The number of fused-ring (bicyclic) bond motifs is 5. The highest BCUT2D eigenvalue weighted by molar-refractivity contribution is 5.78. The molecule has 0 saturated carbocycles. The number of hydrogen-bond acceptors (Lipinski definition) is 4. The number of esters is 1. The molecule has 0 aromatic heterocycles. The van der Waals surface area contributed by atoms with Crippen LogP contribution in [0.15, 0.2) is 30.3 Å². The van der Waals surface area contributed by atoms with Gasteiger partial charge in [-0.05, 0) is 5.56 Å². The van der Waals surface area contributed by atoms with Crippen molar-refractivity contribution < 1.29 is 23.9 Å². The summed E-state index contributed by atoms with van der Waals surface area (Å²) in [5, 5.41) is 9.60. The van der Waals surface area contributed by atoms with Crippen LogP contribution in [0.5, 0.6) is 0 Å². The summed E-state index contributed by atoms with van der Waals surface area (Å²) in [6.45, 7) is -0.224. The average molecular weight is 333 g/mol. The first-order valence-electron chi connectivity index (χ1n) is 8.37. The monoisotopic (exact) mass is 333 g/mol. The maximum absolute atomic E-state index is 12.5. The fourth-order valence-electron chi connectivity index (χ4n) is 4.55. The van der Waals surface area contributed by atoms with E-state index < -0.39 is 5.92 Å². The summed E-state index contributed by atoms with van der Waals surface area (Å²) in [5.74, 6) is -0.908. The smallest absolute Gasteiger partial charge is 0.316 e. The number of morpholine rings is 1. The molecular weight excluding hydrogens is 306 g/mol. The van der Waals surface area contributed by atoms with E-state index in [-0.39, 0.29) is 26.1 Å². The minimum atomic E-state index is -0.593. The number of carbonyl (C=O) groups excluding carboxylic acids is 1. The van der Waals surface area contributed by atoms with Crippen molar-refractivity contribution in [3.05, 3.63) is 43.3 Å². The van der Waals surface area contributed by atoms with Crippen LogP contribution in [0.25, 0.3) is 0 Å². The molecule has 0 radical (unpaired) electrons. The number of carbonyl (C=O) groups is 1. The summed E-state index contributed by atoms with van der Waals surface area (Å²) < 4.78 is 12.5. The number of likely N-dealkylation sites (N-methyl/N-ethyl adjacent to an activating group) is 1. The molecule has 2 bridgehead atoms. The molecule has 5 heteroatoms. The van der Waals surface area contributed by atoms with Crippen LogP contribution in [0.3, 0.4) is 0 Å². The lowest BCUT2D eigenvalue weighted by Gasteiger charge is -2.45. The molecule has 3 fully saturated rings. The topological polar surface area (TPSA) is 59.1 Å². The molecular formula is C19H27NO4. The van der Waals surface area contributed by atoms with E-state index in [1.54, 1.807) is 0 Å². The van der Waals surface area contributed by atoms with Crippen molar-refractivity contribution in [1.82, 2.24) is 0 Å². The number of quaternary nitrogens is 1. The van der Waals surface area contributed by atoms with Gasteiger partial charge in [-0.1, -0.05) is 30.3 Å². The number of ether oxygens (including phenoxy) is 2. The second-order valence-corrected chi connectivity index (χ2v) is 7.51. The summed E-state index contributed by atoms with van der Waals surface area (Å²) in [5.41, 5.74) is 0.807. The highest BCUT2D eigenvalue weighted by Crippen LogP contribution is 2.51. The predicted octanol–water partition coefficient (Wildman–Crippen LogP) is 1.51. The Morgan fingerprint density at radius 1 is 1.25 bits per heavy atom. The maximum atomic E-state index is 12.5. The molecule has 5 nitrogen and oxygen atoms in total. The number of piperidine rings is 1. The first-order valence-corrected chi connectivity index (χ1v) is 8.37. The van der Waals surface area contributed by atoms with E-state index in [0.717, 1.165) is 22.9 Å². The second kappa shape index (κ2) is 6.14. The Morgan fingerprint density at radius 2 is 1.83 bits per heavy atom. The largest absolute Gasteiger partial charge is 0.461 e. The van der Waals surface area contributed by atoms with E-state index in [1.807, 2.05) is 30.3 Å². The fraction of sp³-hybridized carbons (Fsp3) is 0.579. The zero-order valence-electron chi connectivity index (χ0n) is 14.6. The van der Waals surface area contributed by atoms with Gasteiger partial charge in [0.25, 0.3) is 0 Å². The van der Waals surface area contributed by atoms with Crippen molar-refractivity contribution in [3.8, 4) is 0 Å². The number of aliphatic hydroxyl groups excluding tert-OH is 1. The van der Waals surface area contributed by atoms with Gasteiger partial charge in [-0.15, -0.1) is 0 Å². The Hall–Kier alpha value is -1.43. The van der Waals surface area contributed by atoms with Gasteiger partial charge in [0.15, 0.2) is 0 Å². The van der Waals surface area contributed by atoms with E-state index in [9.17, 15) is 9.90 Å². The number of benzene rings is 1. The van der Waals surface area contributed by atoms with Gasteiger partial charge in [0, 0.05) is 12.8 Å². The molecule has 6 atom stereocenters. The number of rotatable bonds is 4. The Kier molecular flexibility index (Phi) is 4.45. The lowest BCUT2D eigenvalue weighted by Crippen LogP contribution is -2.60. The molecule has 1 aromatic carbocycles. The van der Waals surface area contributed by atoms with E-state index in [0.29, 0.717) is 24.3 Å². The van der Waals surface area contributed by atoms with Crippen LogP contribution in [0.1, 0.15) is 24.3 Å². The normalized spacial score (nSPS) is 36.2. The van der Waals surface area contributed by atoms with E-state index >= 15 is 0 Å². The van der Waals surface area contributed by atoms with Gasteiger partial charge in [-0.3, -0.25) is 4.79 Å². The highest BCUT2D eigenvalue weighted by Gasteiger charge is 2.70. The Balaban J connectivity index is 0.00000169. The van der Waals surface area contributed by atoms with Gasteiger partial charge in [0.05, 0.1) is 20.7 Å². The third kappa shape index (κ3) is 2.65. The van der Waals surface area contributed by atoms with Crippen LogP contribution >= 0.6 is 0 Å². The zero-order chi connectivity index (χ0) is 16.2. The highest BCUT2D eigenvalue weighted by atomic mass is 16.6. The number of epoxide rings is 1. The summed E-state index contributed by atoms with van der Waals surface area (Å²) in [7, 11) is 4.51. The number of hydrogen-bond donors (Lipinski definition) is 1.